The highest BCUT2D eigenvalue weighted by atomic mass is 127. The minimum Gasteiger partial charge on any atom is -0.458 e. The Morgan fingerprint density at radius 2 is 2.23 bits per heavy atom. The molecule has 1 aromatic carbocycles. The summed E-state index contributed by atoms with van der Waals surface area (Å²) in [5.74, 6) is 0.888. The van der Waals surface area contributed by atoms with Crippen LogP contribution in [0.2, 0.25) is 0 Å². The molecule has 1 aromatic heterocycles. The van der Waals surface area contributed by atoms with Gasteiger partial charge in [-0.3, -0.25) is 0 Å². The number of hydrogen-bond acceptors (Lipinski definition) is 2. The van der Waals surface area contributed by atoms with Crippen LogP contribution in [0.1, 0.15) is 11.3 Å². The van der Waals surface area contributed by atoms with Gasteiger partial charge in [0.15, 0.2) is 0 Å². The first kappa shape index (κ1) is 9.02. The average Bonchev–Trinajstić information content (AvgIpc) is 2.45. The second-order valence-electron chi connectivity index (χ2n) is 2.97. The minimum absolute atomic E-state index is 0.469. The number of aryl methyl sites for hydroxylation is 1. The summed E-state index contributed by atoms with van der Waals surface area (Å²) in [6.07, 6.45) is 0. The summed E-state index contributed by atoms with van der Waals surface area (Å²) < 4.78 is 6.78. The lowest BCUT2D eigenvalue weighted by molar-refractivity contribution is 0.547. The third-order valence-corrected chi connectivity index (χ3v) is 3.05. The van der Waals surface area contributed by atoms with Crippen molar-refractivity contribution < 1.29 is 4.42 Å². The quantitative estimate of drug-likeness (QED) is 0.819. The van der Waals surface area contributed by atoms with Crippen molar-refractivity contribution in [2.45, 2.75) is 13.5 Å². The monoisotopic (exact) mass is 287 g/mol. The van der Waals surface area contributed by atoms with Crippen LogP contribution in [0.25, 0.3) is 11.0 Å². The van der Waals surface area contributed by atoms with Crippen molar-refractivity contribution >= 4 is 33.6 Å². The van der Waals surface area contributed by atoms with E-state index in [2.05, 4.69) is 28.7 Å². The Hall–Kier alpha value is -0.550. The van der Waals surface area contributed by atoms with Gasteiger partial charge >= 0.3 is 0 Å². The number of benzene rings is 1. The first-order valence-corrected chi connectivity index (χ1v) is 5.18. The molecule has 0 amide bonds. The van der Waals surface area contributed by atoms with Crippen LogP contribution in [0, 0.1) is 10.5 Å². The summed E-state index contributed by atoms with van der Waals surface area (Å²) in [6, 6.07) is 6.13. The Morgan fingerprint density at radius 1 is 1.46 bits per heavy atom. The zero-order valence-electron chi connectivity index (χ0n) is 7.30. The number of furan rings is 1. The number of hydrogen-bond donors (Lipinski definition) is 1. The van der Waals surface area contributed by atoms with Crippen LogP contribution in [-0.4, -0.2) is 0 Å². The SMILES string of the molecule is Cc1c(CN)oc2c(I)cccc12. The maximum absolute atomic E-state index is 5.65. The van der Waals surface area contributed by atoms with Gasteiger partial charge in [0.05, 0.1) is 10.1 Å². The van der Waals surface area contributed by atoms with Crippen LogP contribution >= 0.6 is 22.6 Å². The first-order chi connectivity index (χ1) is 6.24. The molecule has 0 aliphatic rings. The molecule has 2 rings (SSSR count). The maximum Gasteiger partial charge on any atom is 0.147 e. The van der Waals surface area contributed by atoms with Gasteiger partial charge in [-0.2, -0.15) is 0 Å². The molecule has 2 N–H and O–H groups in total. The molecular weight excluding hydrogens is 277 g/mol. The van der Waals surface area contributed by atoms with Gasteiger partial charge in [-0.15, -0.1) is 0 Å². The van der Waals surface area contributed by atoms with Crippen LogP contribution in [0.4, 0.5) is 0 Å². The molecule has 13 heavy (non-hydrogen) atoms. The molecule has 0 saturated heterocycles. The van der Waals surface area contributed by atoms with E-state index in [9.17, 15) is 0 Å². The second kappa shape index (κ2) is 3.31. The Balaban J connectivity index is 2.83. The van der Waals surface area contributed by atoms with E-state index in [0.29, 0.717) is 6.54 Å². The van der Waals surface area contributed by atoms with Crippen LogP contribution in [0.15, 0.2) is 22.6 Å². The molecule has 2 nitrogen and oxygen atoms in total. The lowest BCUT2D eigenvalue weighted by Gasteiger charge is -1.90. The molecule has 0 radical (unpaired) electrons. The van der Waals surface area contributed by atoms with Crippen molar-refractivity contribution in [3.05, 3.63) is 33.1 Å². The molecule has 3 heteroatoms. The predicted octanol–water partition coefficient (Wildman–Crippen LogP) is 2.80. The number of fused-ring (bicyclic) bond motifs is 1. The van der Waals surface area contributed by atoms with E-state index in [0.717, 1.165) is 20.5 Å². The minimum atomic E-state index is 0.469. The maximum atomic E-state index is 5.65. The highest BCUT2D eigenvalue weighted by Crippen LogP contribution is 2.28. The molecule has 68 valence electrons. The van der Waals surface area contributed by atoms with Gasteiger partial charge in [0.25, 0.3) is 0 Å². The molecule has 0 aliphatic heterocycles. The number of halogens is 1. The largest absolute Gasteiger partial charge is 0.458 e. The third-order valence-electron chi connectivity index (χ3n) is 2.20. The fourth-order valence-electron chi connectivity index (χ4n) is 1.45. The van der Waals surface area contributed by atoms with Gasteiger partial charge in [0.1, 0.15) is 11.3 Å². The fourth-order valence-corrected chi connectivity index (χ4v) is 2.06. The number of nitrogens with two attached hydrogens (primary N) is 1. The fraction of sp³-hybridized carbons (Fsp3) is 0.200. The normalized spacial score (nSPS) is 11.0. The van der Waals surface area contributed by atoms with E-state index in [1.54, 1.807) is 0 Å². The van der Waals surface area contributed by atoms with Crippen molar-refractivity contribution in [2.24, 2.45) is 5.73 Å². The van der Waals surface area contributed by atoms with Gasteiger partial charge < -0.3 is 10.2 Å². The highest BCUT2D eigenvalue weighted by Gasteiger charge is 2.10. The zero-order chi connectivity index (χ0) is 9.42. The molecule has 0 spiro atoms. The summed E-state index contributed by atoms with van der Waals surface area (Å²) in [5, 5.41) is 1.17. The summed E-state index contributed by atoms with van der Waals surface area (Å²) in [6.45, 7) is 2.51. The van der Waals surface area contributed by atoms with Crippen LogP contribution in [0.5, 0.6) is 0 Å². The van der Waals surface area contributed by atoms with E-state index >= 15 is 0 Å². The molecule has 0 aliphatic carbocycles. The molecule has 0 atom stereocenters. The summed E-state index contributed by atoms with van der Waals surface area (Å²) >= 11 is 2.27. The standard InChI is InChI=1S/C10H10INO/c1-6-7-3-2-4-8(11)10(7)13-9(6)5-12/h2-4H,5,12H2,1H3. The molecule has 1 heterocycles. The van der Waals surface area contributed by atoms with E-state index in [1.807, 2.05) is 19.1 Å². The van der Waals surface area contributed by atoms with Crippen molar-refractivity contribution in [1.29, 1.82) is 0 Å². The van der Waals surface area contributed by atoms with E-state index < -0.39 is 0 Å². The topological polar surface area (TPSA) is 39.2 Å². The zero-order valence-corrected chi connectivity index (χ0v) is 9.46. The summed E-state index contributed by atoms with van der Waals surface area (Å²) in [4.78, 5) is 0. The molecule has 0 bridgehead atoms. The van der Waals surface area contributed by atoms with Gasteiger partial charge in [-0.05, 0) is 41.1 Å². The van der Waals surface area contributed by atoms with Crippen LogP contribution in [0.3, 0.4) is 0 Å². The third kappa shape index (κ3) is 1.36. The Kier molecular flexibility index (Phi) is 2.29. The van der Waals surface area contributed by atoms with Gasteiger partial charge in [-0.1, -0.05) is 12.1 Å². The summed E-state index contributed by atoms with van der Waals surface area (Å²) in [7, 11) is 0. The Morgan fingerprint density at radius 3 is 2.85 bits per heavy atom. The van der Waals surface area contributed by atoms with Gasteiger partial charge in [-0.25, -0.2) is 0 Å². The number of rotatable bonds is 1. The first-order valence-electron chi connectivity index (χ1n) is 4.10. The van der Waals surface area contributed by atoms with Crippen molar-refractivity contribution in [2.75, 3.05) is 0 Å². The molecular formula is C10H10INO. The molecule has 0 saturated carbocycles. The van der Waals surface area contributed by atoms with E-state index in [1.165, 1.54) is 5.39 Å². The van der Waals surface area contributed by atoms with E-state index in [-0.39, 0.29) is 0 Å². The lowest BCUT2D eigenvalue weighted by atomic mass is 10.1. The van der Waals surface area contributed by atoms with Crippen LogP contribution in [-0.2, 0) is 6.54 Å². The molecule has 0 fully saturated rings. The molecule has 0 unspecified atom stereocenters. The second-order valence-corrected chi connectivity index (χ2v) is 4.13. The smallest absolute Gasteiger partial charge is 0.147 e. The Bertz CT molecular complexity index is 447. The number of para-hydroxylation sites is 1. The summed E-state index contributed by atoms with van der Waals surface area (Å²) in [5.41, 5.74) is 7.69. The van der Waals surface area contributed by atoms with Crippen LogP contribution < -0.4 is 5.73 Å². The lowest BCUT2D eigenvalue weighted by Crippen LogP contribution is -1.95. The highest BCUT2D eigenvalue weighted by molar-refractivity contribution is 14.1. The average molecular weight is 287 g/mol. The van der Waals surface area contributed by atoms with Gasteiger partial charge in [0, 0.05) is 5.39 Å². The van der Waals surface area contributed by atoms with Crippen molar-refractivity contribution in [3.8, 4) is 0 Å². The van der Waals surface area contributed by atoms with Gasteiger partial charge in [0.2, 0.25) is 0 Å². The molecule has 2 aromatic rings. The Labute approximate surface area is 90.2 Å². The van der Waals surface area contributed by atoms with Crippen molar-refractivity contribution in [3.63, 3.8) is 0 Å². The van der Waals surface area contributed by atoms with Crippen molar-refractivity contribution in [1.82, 2.24) is 0 Å². The van der Waals surface area contributed by atoms with E-state index in [4.69, 9.17) is 10.2 Å². The predicted molar refractivity (Wildman–Crippen MR) is 61.6 cm³/mol.